The minimum absolute atomic E-state index is 0.0671. The van der Waals surface area contributed by atoms with Gasteiger partial charge in [0.15, 0.2) is 0 Å². The van der Waals surface area contributed by atoms with Crippen LogP contribution in [-0.2, 0) is 26.0 Å². The van der Waals surface area contributed by atoms with Crippen LogP contribution in [0.5, 0.6) is 0 Å². The number of benzene rings is 1. The molecular formula is C15H14ClF3N3O3P. The van der Waals surface area contributed by atoms with Gasteiger partial charge in [0.2, 0.25) is 5.95 Å². The van der Waals surface area contributed by atoms with Crippen LogP contribution in [-0.4, -0.2) is 23.2 Å². The molecule has 1 aliphatic heterocycles. The average molecular weight is 408 g/mol. The molecule has 11 heteroatoms. The molecule has 1 N–H and O–H groups in total. The van der Waals surface area contributed by atoms with Gasteiger partial charge in [0.1, 0.15) is 10.7 Å². The fourth-order valence-corrected chi connectivity index (χ4v) is 4.22. The van der Waals surface area contributed by atoms with Crippen molar-refractivity contribution < 1.29 is 26.8 Å². The molecule has 140 valence electrons. The number of nitrogens with one attached hydrogen (secondary N) is 1. The van der Waals surface area contributed by atoms with Crippen LogP contribution >= 0.6 is 19.2 Å². The van der Waals surface area contributed by atoms with Crippen LogP contribution in [0.2, 0.25) is 5.15 Å². The molecule has 2 aromatic rings. The Morgan fingerprint density at radius 3 is 2.42 bits per heavy atom. The zero-order valence-corrected chi connectivity index (χ0v) is 14.9. The predicted molar refractivity (Wildman–Crippen MR) is 89.6 cm³/mol. The van der Waals surface area contributed by atoms with Gasteiger partial charge in [0, 0.05) is 11.9 Å². The van der Waals surface area contributed by atoms with E-state index < -0.39 is 24.5 Å². The van der Waals surface area contributed by atoms with Crippen molar-refractivity contribution in [2.45, 2.75) is 18.8 Å². The monoisotopic (exact) mass is 407 g/mol. The van der Waals surface area contributed by atoms with Crippen LogP contribution in [0.4, 0.5) is 24.8 Å². The lowest BCUT2D eigenvalue weighted by atomic mass is 10.2. The van der Waals surface area contributed by atoms with Gasteiger partial charge in [-0.15, -0.1) is 0 Å². The lowest BCUT2D eigenvalue weighted by molar-refractivity contribution is -0.137. The van der Waals surface area contributed by atoms with E-state index in [0.717, 1.165) is 5.56 Å². The third kappa shape index (κ3) is 4.73. The summed E-state index contributed by atoms with van der Waals surface area (Å²) in [5, 5.41) is 2.07. The van der Waals surface area contributed by atoms with Crippen molar-refractivity contribution in [3.63, 3.8) is 0 Å². The molecule has 0 unspecified atom stereocenters. The van der Waals surface area contributed by atoms with Crippen LogP contribution in [0.1, 0.15) is 17.5 Å². The molecular weight excluding hydrogens is 394 g/mol. The maximum Gasteiger partial charge on any atom is 0.420 e. The Labute approximate surface area is 152 Å². The molecule has 0 spiro atoms. The molecule has 0 amide bonds. The van der Waals surface area contributed by atoms with Crippen molar-refractivity contribution in [2.24, 2.45) is 0 Å². The minimum Gasteiger partial charge on any atom is -0.324 e. The molecule has 0 atom stereocenters. The van der Waals surface area contributed by atoms with Gasteiger partial charge in [-0.1, -0.05) is 23.7 Å². The molecule has 26 heavy (non-hydrogen) atoms. The van der Waals surface area contributed by atoms with E-state index >= 15 is 0 Å². The van der Waals surface area contributed by atoms with Gasteiger partial charge in [-0.05, 0) is 24.1 Å². The first-order valence-corrected chi connectivity index (χ1v) is 9.70. The van der Waals surface area contributed by atoms with Gasteiger partial charge in [0.05, 0.1) is 19.4 Å². The fourth-order valence-electron chi connectivity index (χ4n) is 2.25. The highest BCUT2D eigenvalue weighted by molar-refractivity contribution is 7.53. The Hall–Kier alpha value is -1.67. The number of halogens is 4. The number of anilines is 2. The lowest BCUT2D eigenvalue weighted by Crippen LogP contribution is -2.10. The van der Waals surface area contributed by atoms with Crippen LogP contribution in [0.3, 0.4) is 0 Å². The summed E-state index contributed by atoms with van der Waals surface area (Å²) in [6.07, 6.45) is -3.13. The van der Waals surface area contributed by atoms with Gasteiger partial charge in [-0.2, -0.15) is 13.2 Å². The van der Waals surface area contributed by atoms with Gasteiger partial charge >= 0.3 is 13.8 Å². The second-order valence-electron chi connectivity index (χ2n) is 5.51. The largest absolute Gasteiger partial charge is 0.420 e. The summed E-state index contributed by atoms with van der Waals surface area (Å²) in [5.41, 5.74) is 0.178. The molecule has 6 nitrogen and oxygen atoms in total. The highest BCUT2D eigenvalue weighted by atomic mass is 35.5. The Morgan fingerprint density at radius 2 is 1.85 bits per heavy atom. The Bertz CT molecular complexity index is 823. The maximum atomic E-state index is 12.6. The predicted octanol–water partition coefficient (Wildman–Crippen LogP) is 5.02. The number of rotatable bonds is 4. The van der Waals surface area contributed by atoms with E-state index in [0.29, 0.717) is 31.5 Å². The van der Waals surface area contributed by atoms with E-state index in [1.807, 2.05) is 0 Å². The van der Waals surface area contributed by atoms with Crippen LogP contribution in [0.25, 0.3) is 0 Å². The topological polar surface area (TPSA) is 73.3 Å². The number of nitrogens with zero attached hydrogens (tertiary/aromatic N) is 2. The fraction of sp³-hybridized carbons (Fsp3) is 0.333. The van der Waals surface area contributed by atoms with Crippen molar-refractivity contribution >= 4 is 30.8 Å². The Morgan fingerprint density at radius 1 is 1.19 bits per heavy atom. The molecule has 1 fully saturated rings. The number of hydrogen-bond acceptors (Lipinski definition) is 6. The number of hydrogen-bond donors (Lipinski definition) is 1. The number of alkyl halides is 3. The van der Waals surface area contributed by atoms with Crippen LogP contribution < -0.4 is 5.32 Å². The SMILES string of the molecule is O=P1(Cc2ccc(Nc3ncc(C(F)(F)F)c(Cl)n3)cc2)OCCCO1. The van der Waals surface area contributed by atoms with Crippen molar-refractivity contribution in [3.8, 4) is 0 Å². The molecule has 3 rings (SSSR count). The van der Waals surface area contributed by atoms with Crippen molar-refractivity contribution in [3.05, 3.63) is 46.7 Å². The van der Waals surface area contributed by atoms with Crippen LogP contribution in [0.15, 0.2) is 30.5 Å². The molecule has 0 radical (unpaired) electrons. The molecule has 0 aliphatic carbocycles. The zero-order valence-electron chi connectivity index (χ0n) is 13.3. The molecule has 1 aliphatic rings. The van der Waals surface area contributed by atoms with E-state index in [9.17, 15) is 17.7 Å². The Balaban J connectivity index is 1.68. The van der Waals surface area contributed by atoms with Gasteiger partial charge in [-0.25, -0.2) is 9.97 Å². The van der Waals surface area contributed by atoms with Crippen molar-refractivity contribution in [1.82, 2.24) is 9.97 Å². The second kappa shape index (κ2) is 7.52. The van der Waals surface area contributed by atoms with E-state index in [4.69, 9.17) is 20.6 Å². The molecule has 1 saturated heterocycles. The first kappa shape index (κ1) is 19.1. The van der Waals surface area contributed by atoms with Gasteiger partial charge in [0.25, 0.3) is 0 Å². The summed E-state index contributed by atoms with van der Waals surface area (Å²) in [6.45, 7) is 0.811. The zero-order chi connectivity index (χ0) is 18.8. The second-order valence-corrected chi connectivity index (χ2v) is 7.92. The number of aromatic nitrogens is 2. The van der Waals surface area contributed by atoms with Gasteiger partial charge < -0.3 is 14.4 Å². The normalized spacial score (nSPS) is 17.1. The van der Waals surface area contributed by atoms with Crippen molar-refractivity contribution in [2.75, 3.05) is 18.5 Å². The van der Waals surface area contributed by atoms with E-state index in [2.05, 4.69) is 15.3 Å². The molecule has 0 bridgehead atoms. The molecule has 1 aromatic carbocycles. The first-order chi connectivity index (χ1) is 12.3. The summed E-state index contributed by atoms with van der Waals surface area (Å²) in [4.78, 5) is 7.22. The summed E-state index contributed by atoms with van der Waals surface area (Å²) in [5.74, 6) is -0.0671. The third-order valence-corrected chi connectivity index (χ3v) is 5.69. The maximum absolute atomic E-state index is 12.6. The van der Waals surface area contributed by atoms with E-state index in [-0.39, 0.29) is 12.1 Å². The summed E-state index contributed by atoms with van der Waals surface area (Å²) >= 11 is 5.56. The lowest BCUT2D eigenvalue weighted by Gasteiger charge is -2.22. The minimum atomic E-state index is -4.61. The van der Waals surface area contributed by atoms with Crippen molar-refractivity contribution in [1.29, 1.82) is 0 Å². The van der Waals surface area contributed by atoms with E-state index in [1.54, 1.807) is 24.3 Å². The molecule has 2 heterocycles. The van der Waals surface area contributed by atoms with Crippen LogP contribution in [0, 0.1) is 0 Å². The van der Waals surface area contributed by atoms with E-state index in [1.165, 1.54) is 0 Å². The summed E-state index contributed by atoms with van der Waals surface area (Å²) < 4.78 is 60.8. The highest BCUT2D eigenvalue weighted by Crippen LogP contribution is 2.53. The average Bonchev–Trinajstić information content (AvgIpc) is 2.56. The van der Waals surface area contributed by atoms with Gasteiger partial charge in [-0.3, -0.25) is 4.57 Å². The smallest absolute Gasteiger partial charge is 0.324 e. The highest BCUT2D eigenvalue weighted by Gasteiger charge is 2.34. The third-order valence-electron chi connectivity index (χ3n) is 3.50. The first-order valence-electron chi connectivity index (χ1n) is 7.59. The standard InChI is InChI=1S/C15H14ClF3N3O3P/c16-13-12(15(17,18)19)8-20-14(22-13)21-11-4-2-10(3-5-11)9-26(23)24-6-1-7-25-26/h2-5,8H,1,6-7,9H2,(H,20,21,22). The summed E-state index contributed by atoms with van der Waals surface area (Å²) in [7, 11) is -3.11. The summed E-state index contributed by atoms with van der Waals surface area (Å²) in [6, 6.07) is 6.71. The Kier molecular flexibility index (Phi) is 5.53. The molecule has 0 saturated carbocycles. The quantitative estimate of drug-likeness (QED) is 0.566. The molecule has 1 aromatic heterocycles.